The first kappa shape index (κ1) is 17.7. The van der Waals surface area contributed by atoms with Crippen molar-refractivity contribution in [2.75, 3.05) is 6.61 Å². The highest BCUT2D eigenvalue weighted by Gasteiger charge is 2.11. The number of fused-ring (bicyclic) bond motifs is 1. The van der Waals surface area contributed by atoms with Gasteiger partial charge in [0.15, 0.2) is 0 Å². The topological polar surface area (TPSA) is 44.1 Å². The highest BCUT2D eigenvalue weighted by molar-refractivity contribution is 7.18. The van der Waals surface area contributed by atoms with Crippen molar-refractivity contribution in [3.8, 4) is 5.75 Å². The zero-order valence-corrected chi connectivity index (χ0v) is 15.9. The molecule has 0 radical (unpaired) electrons. The normalized spacial score (nSPS) is 11.2. The van der Waals surface area contributed by atoms with Crippen LogP contribution in [0, 0.1) is 6.92 Å². The van der Waals surface area contributed by atoms with Crippen LogP contribution in [-0.2, 0) is 19.4 Å². The van der Waals surface area contributed by atoms with Crippen LogP contribution in [0.15, 0.2) is 35.1 Å². The fraction of sp³-hybridized carbons (Fsp3) is 0.400. The van der Waals surface area contributed by atoms with E-state index in [4.69, 9.17) is 4.74 Å². The summed E-state index contributed by atoms with van der Waals surface area (Å²) in [6.07, 6.45) is 2.73. The highest BCUT2D eigenvalue weighted by atomic mass is 32.1. The lowest BCUT2D eigenvalue weighted by Crippen LogP contribution is -2.24. The molecular weight excluding hydrogens is 332 g/mol. The first-order chi connectivity index (χ1) is 12.1. The Morgan fingerprint density at radius 2 is 1.92 bits per heavy atom. The predicted octanol–water partition coefficient (Wildman–Crippen LogP) is 4.36. The molecule has 0 aliphatic heterocycles. The van der Waals surface area contributed by atoms with E-state index >= 15 is 0 Å². The molecule has 0 spiro atoms. The number of aromatic nitrogens is 2. The molecule has 2 heterocycles. The maximum atomic E-state index is 12.7. The van der Waals surface area contributed by atoms with Gasteiger partial charge in [-0.1, -0.05) is 26.0 Å². The summed E-state index contributed by atoms with van der Waals surface area (Å²) in [5.41, 5.74) is 1.36. The Bertz CT molecular complexity index is 910. The summed E-state index contributed by atoms with van der Waals surface area (Å²) in [7, 11) is 0. The van der Waals surface area contributed by atoms with Gasteiger partial charge in [-0.2, -0.15) is 0 Å². The molecule has 2 aromatic heterocycles. The van der Waals surface area contributed by atoms with Crippen LogP contribution < -0.4 is 10.3 Å². The smallest absolute Gasteiger partial charge is 0.262 e. The van der Waals surface area contributed by atoms with E-state index in [0.29, 0.717) is 13.2 Å². The molecule has 132 valence electrons. The fourth-order valence-corrected chi connectivity index (χ4v) is 3.84. The maximum Gasteiger partial charge on any atom is 0.262 e. The van der Waals surface area contributed by atoms with Gasteiger partial charge in [0.1, 0.15) is 16.4 Å². The van der Waals surface area contributed by atoms with Gasteiger partial charge < -0.3 is 4.74 Å². The summed E-state index contributed by atoms with van der Waals surface area (Å²) in [6, 6.07) is 10.2. The van der Waals surface area contributed by atoms with Crippen LogP contribution in [0.25, 0.3) is 10.2 Å². The number of nitrogens with zero attached hydrogens (tertiary/aromatic N) is 2. The first-order valence-electron chi connectivity index (χ1n) is 8.84. The van der Waals surface area contributed by atoms with Crippen LogP contribution >= 0.6 is 11.3 Å². The lowest BCUT2D eigenvalue weighted by molar-refractivity contribution is 0.300. The molecular formula is C20H24N2O2S. The Morgan fingerprint density at radius 1 is 1.16 bits per heavy atom. The molecule has 0 atom stereocenters. The van der Waals surface area contributed by atoms with Crippen molar-refractivity contribution in [1.82, 2.24) is 9.55 Å². The Morgan fingerprint density at radius 3 is 2.60 bits per heavy atom. The van der Waals surface area contributed by atoms with Gasteiger partial charge in [-0.3, -0.25) is 9.36 Å². The van der Waals surface area contributed by atoms with E-state index in [-0.39, 0.29) is 5.56 Å². The second-order valence-electron chi connectivity index (χ2n) is 6.10. The standard InChI is InChI=1S/C20H24N2O2S/c1-4-15-7-9-16(10-8-15)24-12-6-11-22-14(3)21-19-18(20(22)23)13-17(5-2)25-19/h7-10,13H,4-6,11-12H2,1-3H3. The molecule has 0 saturated heterocycles. The minimum absolute atomic E-state index is 0.0609. The molecule has 0 aliphatic carbocycles. The van der Waals surface area contributed by atoms with Crippen molar-refractivity contribution >= 4 is 21.6 Å². The van der Waals surface area contributed by atoms with Crippen molar-refractivity contribution < 1.29 is 4.74 Å². The second kappa shape index (κ2) is 7.83. The van der Waals surface area contributed by atoms with E-state index in [2.05, 4.69) is 31.0 Å². The van der Waals surface area contributed by atoms with E-state index in [1.807, 2.05) is 25.1 Å². The average molecular weight is 356 g/mol. The minimum Gasteiger partial charge on any atom is -0.494 e. The first-order valence-corrected chi connectivity index (χ1v) is 9.65. The number of hydrogen-bond acceptors (Lipinski definition) is 4. The van der Waals surface area contributed by atoms with Gasteiger partial charge in [0.05, 0.1) is 12.0 Å². The molecule has 0 bridgehead atoms. The number of rotatable bonds is 7. The van der Waals surface area contributed by atoms with E-state index in [1.54, 1.807) is 15.9 Å². The Labute approximate surface area is 152 Å². The molecule has 0 aliphatic rings. The Kier molecular flexibility index (Phi) is 5.53. The zero-order chi connectivity index (χ0) is 17.8. The van der Waals surface area contributed by atoms with E-state index in [9.17, 15) is 4.79 Å². The monoisotopic (exact) mass is 356 g/mol. The van der Waals surface area contributed by atoms with Crippen molar-refractivity contribution in [3.05, 3.63) is 57.0 Å². The Hall–Kier alpha value is -2.14. The SMILES string of the molecule is CCc1ccc(OCCCn2c(C)nc3sc(CC)cc3c2=O)cc1. The molecule has 3 aromatic rings. The summed E-state index contributed by atoms with van der Waals surface area (Å²) in [4.78, 5) is 19.4. The number of aryl methyl sites for hydroxylation is 3. The van der Waals surface area contributed by atoms with Gasteiger partial charge in [0, 0.05) is 11.4 Å². The summed E-state index contributed by atoms with van der Waals surface area (Å²) in [5.74, 6) is 1.65. The molecule has 4 nitrogen and oxygen atoms in total. The number of benzene rings is 1. The third-order valence-corrected chi connectivity index (χ3v) is 5.54. The zero-order valence-electron chi connectivity index (χ0n) is 15.0. The quantitative estimate of drug-likeness (QED) is 0.591. The van der Waals surface area contributed by atoms with E-state index in [1.165, 1.54) is 10.4 Å². The Balaban J connectivity index is 1.65. The van der Waals surface area contributed by atoms with Crippen LogP contribution in [0.5, 0.6) is 5.75 Å². The summed E-state index contributed by atoms with van der Waals surface area (Å²) in [6.45, 7) is 7.34. The molecule has 0 fully saturated rings. The highest BCUT2D eigenvalue weighted by Crippen LogP contribution is 2.22. The van der Waals surface area contributed by atoms with Crippen molar-refractivity contribution in [3.63, 3.8) is 0 Å². The van der Waals surface area contributed by atoms with Gasteiger partial charge in [-0.15, -0.1) is 11.3 Å². The predicted molar refractivity (Wildman–Crippen MR) is 104 cm³/mol. The second-order valence-corrected chi connectivity index (χ2v) is 7.22. The molecule has 0 amide bonds. The average Bonchev–Trinajstić information content (AvgIpc) is 3.04. The van der Waals surface area contributed by atoms with Crippen molar-refractivity contribution in [2.45, 2.75) is 46.6 Å². The van der Waals surface area contributed by atoms with Gasteiger partial charge in [0.25, 0.3) is 5.56 Å². The molecule has 0 saturated carbocycles. The van der Waals surface area contributed by atoms with Gasteiger partial charge in [-0.25, -0.2) is 4.98 Å². The molecule has 25 heavy (non-hydrogen) atoms. The molecule has 0 unspecified atom stereocenters. The van der Waals surface area contributed by atoms with Crippen LogP contribution in [0.4, 0.5) is 0 Å². The van der Waals surface area contributed by atoms with Gasteiger partial charge in [0.2, 0.25) is 0 Å². The minimum atomic E-state index is 0.0609. The summed E-state index contributed by atoms with van der Waals surface area (Å²) in [5, 5.41) is 0.739. The maximum absolute atomic E-state index is 12.7. The largest absolute Gasteiger partial charge is 0.494 e. The van der Waals surface area contributed by atoms with E-state index < -0.39 is 0 Å². The molecule has 1 aromatic carbocycles. The number of hydrogen-bond donors (Lipinski definition) is 0. The fourth-order valence-electron chi connectivity index (χ4n) is 2.84. The van der Waals surface area contributed by atoms with Crippen LogP contribution in [0.1, 0.15) is 36.5 Å². The third kappa shape index (κ3) is 3.93. The summed E-state index contributed by atoms with van der Waals surface area (Å²) >= 11 is 1.61. The molecule has 5 heteroatoms. The number of thiophene rings is 1. The van der Waals surface area contributed by atoms with Crippen molar-refractivity contribution in [1.29, 1.82) is 0 Å². The lowest BCUT2D eigenvalue weighted by atomic mass is 10.2. The third-order valence-electron chi connectivity index (χ3n) is 4.37. The van der Waals surface area contributed by atoms with Gasteiger partial charge in [-0.05, 0) is 49.9 Å². The van der Waals surface area contributed by atoms with Crippen LogP contribution in [0.2, 0.25) is 0 Å². The van der Waals surface area contributed by atoms with E-state index in [0.717, 1.165) is 41.1 Å². The van der Waals surface area contributed by atoms with Crippen LogP contribution in [0.3, 0.4) is 0 Å². The van der Waals surface area contributed by atoms with Crippen molar-refractivity contribution in [2.24, 2.45) is 0 Å². The van der Waals surface area contributed by atoms with Crippen LogP contribution in [-0.4, -0.2) is 16.2 Å². The summed E-state index contributed by atoms with van der Waals surface area (Å²) < 4.78 is 7.54. The lowest BCUT2D eigenvalue weighted by Gasteiger charge is -2.10. The molecule has 0 N–H and O–H groups in total. The van der Waals surface area contributed by atoms with Gasteiger partial charge >= 0.3 is 0 Å². The molecule has 3 rings (SSSR count). The number of ether oxygens (including phenoxy) is 1.